The molecule has 0 saturated carbocycles. The average Bonchev–Trinajstić information content (AvgIpc) is 2.56. The summed E-state index contributed by atoms with van der Waals surface area (Å²) in [5.74, 6) is 0. The molecule has 0 fully saturated rings. The fourth-order valence-corrected chi connectivity index (χ4v) is 2.03. The Kier molecular flexibility index (Phi) is 2.87. The van der Waals surface area contributed by atoms with Crippen molar-refractivity contribution in [2.75, 3.05) is 0 Å². The van der Waals surface area contributed by atoms with Crippen LogP contribution in [0.4, 0.5) is 0 Å². The van der Waals surface area contributed by atoms with Crippen molar-refractivity contribution in [1.82, 2.24) is 15.0 Å². The van der Waals surface area contributed by atoms with Gasteiger partial charge < -0.3 is 5.73 Å². The van der Waals surface area contributed by atoms with Gasteiger partial charge in [0, 0.05) is 10.6 Å². The van der Waals surface area contributed by atoms with Crippen molar-refractivity contribution in [3.05, 3.63) is 22.2 Å². The van der Waals surface area contributed by atoms with E-state index in [9.17, 15) is 0 Å². The number of aryl methyl sites for hydroxylation is 2. The minimum atomic E-state index is -0.333. The summed E-state index contributed by atoms with van der Waals surface area (Å²) in [5.41, 5.74) is 9.40. The number of nitrogens with zero attached hydrogens (tertiary/aromatic N) is 3. The second-order valence-electron chi connectivity index (χ2n) is 5.22. The third kappa shape index (κ3) is 2.42. The van der Waals surface area contributed by atoms with Gasteiger partial charge in [-0.25, -0.2) is 0 Å². The van der Waals surface area contributed by atoms with E-state index in [0.717, 1.165) is 27.2 Å². The monoisotopic (exact) mass is 252 g/mol. The molecule has 0 aliphatic carbocycles. The van der Waals surface area contributed by atoms with Crippen LogP contribution in [0.25, 0.3) is 11.0 Å². The summed E-state index contributed by atoms with van der Waals surface area (Å²) in [6, 6.07) is 1.92. The van der Waals surface area contributed by atoms with E-state index in [1.807, 2.05) is 33.8 Å². The first-order valence-electron chi connectivity index (χ1n) is 5.57. The lowest BCUT2D eigenvalue weighted by Gasteiger charge is -2.16. The summed E-state index contributed by atoms with van der Waals surface area (Å²) in [7, 11) is 0. The second-order valence-corrected chi connectivity index (χ2v) is 5.62. The number of rotatable bonds is 2. The van der Waals surface area contributed by atoms with Crippen molar-refractivity contribution in [3.8, 4) is 0 Å². The maximum absolute atomic E-state index is 6.13. The van der Waals surface area contributed by atoms with Crippen LogP contribution in [-0.2, 0) is 6.54 Å². The van der Waals surface area contributed by atoms with Gasteiger partial charge in [-0.1, -0.05) is 11.6 Å². The highest BCUT2D eigenvalue weighted by atomic mass is 35.5. The van der Waals surface area contributed by atoms with E-state index in [0.29, 0.717) is 6.54 Å². The Labute approximate surface area is 106 Å². The molecule has 0 unspecified atom stereocenters. The number of hydrogen-bond donors (Lipinski definition) is 1. The van der Waals surface area contributed by atoms with Gasteiger partial charge in [0.25, 0.3) is 0 Å². The van der Waals surface area contributed by atoms with E-state index in [2.05, 4.69) is 10.2 Å². The molecule has 0 bridgehead atoms. The Balaban J connectivity index is 2.58. The smallest absolute Gasteiger partial charge is 0.117 e. The summed E-state index contributed by atoms with van der Waals surface area (Å²) >= 11 is 6.13. The van der Waals surface area contributed by atoms with E-state index < -0.39 is 0 Å². The second kappa shape index (κ2) is 3.96. The molecule has 2 N–H and O–H groups in total. The van der Waals surface area contributed by atoms with Gasteiger partial charge in [0.2, 0.25) is 0 Å². The van der Waals surface area contributed by atoms with Crippen molar-refractivity contribution in [1.29, 1.82) is 0 Å². The minimum absolute atomic E-state index is 0.333. The van der Waals surface area contributed by atoms with Crippen LogP contribution >= 0.6 is 11.6 Å². The number of benzene rings is 1. The van der Waals surface area contributed by atoms with Crippen molar-refractivity contribution in [3.63, 3.8) is 0 Å². The molecule has 1 heterocycles. The maximum atomic E-state index is 6.13. The molecule has 4 nitrogen and oxygen atoms in total. The van der Waals surface area contributed by atoms with Gasteiger partial charge >= 0.3 is 0 Å². The molecule has 5 heteroatoms. The molecular weight excluding hydrogens is 236 g/mol. The van der Waals surface area contributed by atoms with Crippen LogP contribution < -0.4 is 5.73 Å². The molecule has 92 valence electrons. The Morgan fingerprint density at radius 1 is 1.29 bits per heavy atom. The fraction of sp³-hybridized carbons (Fsp3) is 0.500. The Bertz CT molecular complexity index is 566. The molecule has 0 saturated heterocycles. The van der Waals surface area contributed by atoms with Crippen molar-refractivity contribution < 1.29 is 0 Å². The Morgan fingerprint density at radius 2 is 1.88 bits per heavy atom. The van der Waals surface area contributed by atoms with Crippen LogP contribution in [0, 0.1) is 13.8 Å². The van der Waals surface area contributed by atoms with Crippen molar-refractivity contribution in [2.45, 2.75) is 39.8 Å². The van der Waals surface area contributed by atoms with E-state index in [-0.39, 0.29) is 5.54 Å². The lowest BCUT2D eigenvalue weighted by Crippen LogP contribution is -2.37. The molecular formula is C12H17ClN4. The van der Waals surface area contributed by atoms with E-state index in [1.54, 1.807) is 4.80 Å². The minimum Gasteiger partial charge on any atom is -0.324 e. The highest BCUT2D eigenvalue weighted by molar-refractivity contribution is 6.32. The Hall–Kier alpha value is -1.13. The molecule has 0 aliphatic heterocycles. The number of nitrogens with two attached hydrogens (primary N) is 1. The van der Waals surface area contributed by atoms with Gasteiger partial charge in [-0.05, 0) is 44.9 Å². The predicted molar refractivity (Wildman–Crippen MR) is 70.3 cm³/mol. The molecule has 1 aromatic carbocycles. The standard InChI is InChI=1S/C12H17ClN4/c1-7-5-9(13)8(2)11-10(7)15-17(16-11)6-12(3,4)14/h5H,6,14H2,1-4H3. The van der Waals surface area contributed by atoms with Crippen molar-refractivity contribution >= 4 is 22.6 Å². The molecule has 0 atom stereocenters. The third-order valence-electron chi connectivity index (χ3n) is 2.63. The molecule has 1 aromatic heterocycles. The van der Waals surface area contributed by atoms with E-state index >= 15 is 0 Å². The summed E-state index contributed by atoms with van der Waals surface area (Å²) in [6.07, 6.45) is 0. The SMILES string of the molecule is Cc1cc(Cl)c(C)c2nn(CC(C)(C)N)nc12. The van der Waals surface area contributed by atoms with Crippen LogP contribution in [0.2, 0.25) is 5.02 Å². The van der Waals surface area contributed by atoms with Gasteiger partial charge in [-0.3, -0.25) is 0 Å². The largest absolute Gasteiger partial charge is 0.324 e. The average molecular weight is 253 g/mol. The summed E-state index contributed by atoms with van der Waals surface area (Å²) < 4.78 is 0. The zero-order valence-corrected chi connectivity index (χ0v) is 11.3. The molecule has 0 spiro atoms. The molecule has 0 amide bonds. The zero-order chi connectivity index (χ0) is 12.8. The van der Waals surface area contributed by atoms with Crippen LogP contribution in [0.3, 0.4) is 0 Å². The topological polar surface area (TPSA) is 56.7 Å². The number of aromatic nitrogens is 3. The van der Waals surface area contributed by atoms with Gasteiger partial charge in [0.05, 0.1) is 6.54 Å². The molecule has 2 aromatic rings. The molecule has 0 aliphatic rings. The molecule has 0 radical (unpaired) electrons. The van der Waals surface area contributed by atoms with Crippen LogP contribution in [0.5, 0.6) is 0 Å². The number of fused-ring (bicyclic) bond motifs is 1. The quantitative estimate of drug-likeness (QED) is 0.893. The van der Waals surface area contributed by atoms with Gasteiger partial charge in [-0.2, -0.15) is 15.0 Å². The summed E-state index contributed by atoms with van der Waals surface area (Å²) in [5, 5.41) is 9.66. The van der Waals surface area contributed by atoms with E-state index in [4.69, 9.17) is 17.3 Å². The highest BCUT2D eigenvalue weighted by Gasteiger charge is 2.16. The first-order chi connectivity index (χ1) is 7.78. The van der Waals surface area contributed by atoms with Crippen molar-refractivity contribution in [2.24, 2.45) is 5.73 Å². The fourth-order valence-electron chi connectivity index (χ4n) is 1.78. The molecule has 2 rings (SSSR count). The lowest BCUT2D eigenvalue weighted by atomic mass is 10.1. The van der Waals surface area contributed by atoms with E-state index in [1.165, 1.54) is 0 Å². The number of halogens is 1. The first-order valence-corrected chi connectivity index (χ1v) is 5.95. The zero-order valence-electron chi connectivity index (χ0n) is 10.6. The number of hydrogen-bond acceptors (Lipinski definition) is 3. The third-order valence-corrected chi connectivity index (χ3v) is 3.03. The van der Waals surface area contributed by atoms with Gasteiger partial charge in [0.1, 0.15) is 11.0 Å². The predicted octanol–water partition coefficient (Wildman–Crippen LogP) is 2.44. The first kappa shape index (κ1) is 12.3. The van der Waals surface area contributed by atoms with Crippen LogP contribution in [0.1, 0.15) is 25.0 Å². The molecule has 17 heavy (non-hydrogen) atoms. The summed E-state index contributed by atoms with van der Waals surface area (Å²) in [6.45, 7) is 8.43. The maximum Gasteiger partial charge on any atom is 0.117 e. The van der Waals surface area contributed by atoms with Crippen LogP contribution in [0.15, 0.2) is 6.07 Å². The van der Waals surface area contributed by atoms with Crippen LogP contribution in [-0.4, -0.2) is 20.5 Å². The Morgan fingerprint density at radius 3 is 2.47 bits per heavy atom. The van der Waals surface area contributed by atoms with Gasteiger partial charge in [0.15, 0.2) is 0 Å². The normalized spacial score (nSPS) is 12.4. The lowest BCUT2D eigenvalue weighted by molar-refractivity contribution is 0.380. The summed E-state index contributed by atoms with van der Waals surface area (Å²) in [4.78, 5) is 1.65. The highest BCUT2D eigenvalue weighted by Crippen LogP contribution is 2.26. The van der Waals surface area contributed by atoms with Gasteiger partial charge in [-0.15, -0.1) is 0 Å².